The molecule has 0 saturated heterocycles. The van der Waals surface area contributed by atoms with Crippen molar-refractivity contribution in [1.82, 2.24) is 4.57 Å². The average molecular weight is 377 g/mol. The summed E-state index contributed by atoms with van der Waals surface area (Å²) in [7, 11) is -3.20. The molecule has 0 spiro atoms. The molecule has 2 aromatic carbocycles. The topological polar surface area (TPSA) is 52.2 Å². The average Bonchev–Trinajstić information content (AvgIpc) is 3.33. The molecule has 0 radical (unpaired) electrons. The molecular formula is C22H19NO3S. The van der Waals surface area contributed by atoms with E-state index < -0.39 is 9.84 Å². The number of aromatic nitrogens is 1. The predicted molar refractivity (Wildman–Crippen MR) is 107 cm³/mol. The first-order valence-corrected chi connectivity index (χ1v) is 10.4. The number of hydrogen-bond acceptors (Lipinski definition) is 3. The zero-order chi connectivity index (χ0) is 19.0. The highest BCUT2D eigenvalue weighted by atomic mass is 32.2. The van der Waals surface area contributed by atoms with Crippen LogP contribution in [0.3, 0.4) is 0 Å². The van der Waals surface area contributed by atoms with E-state index in [9.17, 15) is 8.42 Å². The summed E-state index contributed by atoms with van der Waals surface area (Å²) < 4.78 is 30.7. The minimum absolute atomic E-state index is 0.324. The second-order valence-corrected chi connectivity index (χ2v) is 8.59. The molecule has 0 atom stereocenters. The van der Waals surface area contributed by atoms with Crippen LogP contribution in [0.4, 0.5) is 0 Å². The van der Waals surface area contributed by atoms with Gasteiger partial charge in [-0.3, -0.25) is 0 Å². The van der Waals surface area contributed by atoms with E-state index in [1.165, 1.54) is 6.26 Å². The Morgan fingerprint density at radius 1 is 0.889 bits per heavy atom. The smallest absolute Gasteiger partial charge is 0.175 e. The van der Waals surface area contributed by atoms with Gasteiger partial charge in [-0.2, -0.15) is 0 Å². The molecule has 4 rings (SSSR count). The van der Waals surface area contributed by atoms with Crippen molar-refractivity contribution in [2.45, 2.75) is 11.8 Å². The maximum Gasteiger partial charge on any atom is 0.175 e. The fraction of sp³-hybridized carbons (Fsp3) is 0.0909. The molecule has 136 valence electrons. The summed E-state index contributed by atoms with van der Waals surface area (Å²) in [5.74, 6) is 0. The summed E-state index contributed by atoms with van der Waals surface area (Å²) in [6.07, 6.45) is 6.64. The largest absolute Gasteiger partial charge is 0.472 e. The Morgan fingerprint density at radius 3 is 2.26 bits per heavy atom. The van der Waals surface area contributed by atoms with Crippen LogP contribution >= 0.6 is 0 Å². The van der Waals surface area contributed by atoms with E-state index in [0.29, 0.717) is 4.90 Å². The van der Waals surface area contributed by atoms with Crippen LogP contribution in [0, 0.1) is 6.92 Å². The third kappa shape index (κ3) is 3.34. The van der Waals surface area contributed by atoms with E-state index in [2.05, 4.69) is 29.7 Å². The summed E-state index contributed by atoms with van der Waals surface area (Å²) >= 11 is 0. The van der Waals surface area contributed by atoms with E-state index in [0.717, 1.165) is 33.6 Å². The monoisotopic (exact) mass is 377 g/mol. The van der Waals surface area contributed by atoms with Gasteiger partial charge < -0.3 is 8.98 Å². The number of sulfone groups is 1. The van der Waals surface area contributed by atoms with Gasteiger partial charge in [0.15, 0.2) is 9.84 Å². The van der Waals surface area contributed by atoms with Crippen molar-refractivity contribution in [1.29, 1.82) is 0 Å². The highest BCUT2D eigenvalue weighted by Crippen LogP contribution is 2.29. The van der Waals surface area contributed by atoms with Crippen molar-refractivity contribution in [3.8, 4) is 28.1 Å². The van der Waals surface area contributed by atoms with Gasteiger partial charge >= 0.3 is 0 Å². The molecule has 5 heteroatoms. The van der Waals surface area contributed by atoms with Gasteiger partial charge in [0.1, 0.15) is 0 Å². The summed E-state index contributed by atoms with van der Waals surface area (Å²) in [5, 5.41) is 0. The maximum absolute atomic E-state index is 11.7. The first-order valence-electron chi connectivity index (χ1n) is 8.55. The molecule has 0 aliphatic rings. The Hall–Kier alpha value is -3.05. The fourth-order valence-corrected chi connectivity index (χ4v) is 3.86. The zero-order valence-corrected chi connectivity index (χ0v) is 15.9. The van der Waals surface area contributed by atoms with Gasteiger partial charge in [0, 0.05) is 23.7 Å². The van der Waals surface area contributed by atoms with Crippen LogP contribution in [0.15, 0.2) is 88.7 Å². The van der Waals surface area contributed by atoms with Crippen molar-refractivity contribution in [3.05, 3.63) is 85.0 Å². The van der Waals surface area contributed by atoms with E-state index in [-0.39, 0.29) is 0 Å². The summed E-state index contributed by atoms with van der Waals surface area (Å²) in [4.78, 5) is 0.324. The number of nitrogens with zero attached hydrogens (tertiary/aromatic N) is 1. The Labute approximate surface area is 158 Å². The van der Waals surface area contributed by atoms with Crippen molar-refractivity contribution < 1.29 is 12.8 Å². The Morgan fingerprint density at radius 2 is 1.63 bits per heavy atom. The molecule has 0 fully saturated rings. The lowest BCUT2D eigenvalue weighted by Crippen LogP contribution is -1.99. The van der Waals surface area contributed by atoms with E-state index in [1.54, 1.807) is 24.7 Å². The van der Waals surface area contributed by atoms with Gasteiger partial charge in [-0.25, -0.2) is 8.42 Å². The van der Waals surface area contributed by atoms with Crippen LogP contribution < -0.4 is 0 Å². The molecule has 0 N–H and O–H groups in total. The first kappa shape index (κ1) is 17.4. The Kier molecular flexibility index (Phi) is 4.24. The molecule has 0 aliphatic heterocycles. The van der Waals surface area contributed by atoms with Crippen LogP contribution in [0.2, 0.25) is 0 Å². The van der Waals surface area contributed by atoms with Crippen LogP contribution in [-0.2, 0) is 9.84 Å². The number of furan rings is 1. The lowest BCUT2D eigenvalue weighted by molar-refractivity contribution is 0.568. The normalized spacial score (nSPS) is 11.6. The molecule has 0 amide bonds. The zero-order valence-electron chi connectivity index (χ0n) is 15.1. The van der Waals surface area contributed by atoms with Crippen molar-refractivity contribution >= 4 is 9.84 Å². The number of hydrogen-bond donors (Lipinski definition) is 0. The van der Waals surface area contributed by atoms with Gasteiger partial charge in [0.2, 0.25) is 0 Å². The molecule has 2 aromatic heterocycles. The fourth-order valence-electron chi connectivity index (χ4n) is 3.23. The summed E-state index contributed by atoms with van der Waals surface area (Å²) in [5.41, 5.74) is 6.35. The number of aryl methyl sites for hydroxylation is 1. The second kappa shape index (κ2) is 6.59. The van der Waals surface area contributed by atoms with Crippen LogP contribution in [0.1, 0.15) is 5.56 Å². The molecule has 0 bridgehead atoms. The van der Waals surface area contributed by atoms with Gasteiger partial charge in [0.25, 0.3) is 0 Å². The highest BCUT2D eigenvalue weighted by molar-refractivity contribution is 7.90. The van der Waals surface area contributed by atoms with Gasteiger partial charge in [-0.1, -0.05) is 18.2 Å². The Bertz CT molecular complexity index is 1180. The van der Waals surface area contributed by atoms with Crippen LogP contribution in [-0.4, -0.2) is 19.2 Å². The van der Waals surface area contributed by atoms with E-state index in [1.807, 2.05) is 36.5 Å². The van der Waals surface area contributed by atoms with Crippen molar-refractivity contribution in [2.75, 3.05) is 6.26 Å². The lowest BCUT2D eigenvalue weighted by atomic mass is 10.0. The third-order valence-corrected chi connectivity index (χ3v) is 5.77. The molecule has 0 aliphatic carbocycles. The van der Waals surface area contributed by atoms with Crippen molar-refractivity contribution in [2.24, 2.45) is 0 Å². The summed E-state index contributed by atoms with van der Waals surface area (Å²) in [6.45, 7) is 2.08. The highest BCUT2D eigenvalue weighted by Gasteiger charge is 2.11. The maximum atomic E-state index is 11.7. The summed E-state index contributed by atoms with van der Waals surface area (Å²) in [6, 6.07) is 19.2. The minimum Gasteiger partial charge on any atom is -0.472 e. The second-order valence-electron chi connectivity index (χ2n) is 6.57. The van der Waals surface area contributed by atoms with Gasteiger partial charge in [0.05, 0.1) is 23.1 Å². The van der Waals surface area contributed by atoms with E-state index in [4.69, 9.17) is 4.42 Å². The number of rotatable bonds is 4. The molecule has 0 unspecified atom stereocenters. The van der Waals surface area contributed by atoms with Crippen LogP contribution in [0.5, 0.6) is 0 Å². The molecule has 27 heavy (non-hydrogen) atoms. The Balaban J connectivity index is 1.74. The molecule has 2 heterocycles. The molecule has 4 aromatic rings. The first-order chi connectivity index (χ1) is 12.9. The molecule has 4 nitrogen and oxygen atoms in total. The SMILES string of the molecule is Cc1cc(-c2ccoc2)ccc1-n1cccc1-c1ccc(S(C)(=O)=O)cc1. The quantitative estimate of drug-likeness (QED) is 0.496. The molecule has 0 saturated carbocycles. The van der Waals surface area contributed by atoms with Crippen molar-refractivity contribution in [3.63, 3.8) is 0 Å². The number of benzene rings is 2. The standard InChI is InChI=1S/C22H19NO3S/c1-16-14-18(19-11-13-26-15-19)7-10-21(16)23-12-3-4-22(23)17-5-8-20(9-6-17)27(2,24)25/h3-15H,1-2H3. The van der Waals surface area contributed by atoms with Gasteiger partial charge in [-0.05, 0) is 66.1 Å². The molecular weight excluding hydrogens is 358 g/mol. The van der Waals surface area contributed by atoms with E-state index >= 15 is 0 Å². The van der Waals surface area contributed by atoms with Crippen LogP contribution in [0.25, 0.3) is 28.1 Å². The minimum atomic E-state index is -3.20. The third-order valence-electron chi connectivity index (χ3n) is 4.64. The predicted octanol–water partition coefficient (Wildman–Crippen LogP) is 5.12. The van der Waals surface area contributed by atoms with Gasteiger partial charge in [-0.15, -0.1) is 0 Å². The lowest BCUT2D eigenvalue weighted by Gasteiger charge is -2.14.